The van der Waals surface area contributed by atoms with E-state index in [1.54, 1.807) is 12.2 Å². The van der Waals surface area contributed by atoms with Crippen molar-refractivity contribution in [1.82, 2.24) is 0 Å². The van der Waals surface area contributed by atoms with E-state index in [0.29, 0.717) is 0 Å². The third-order valence-electron chi connectivity index (χ3n) is 1.75. The van der Waals surface area contributed by atoms with Gasteiger partial charge >= 0.3 is 0 Å². The Balaban J connectivity index is 2.16. The molecule has 2 aliphatic rings. The van der Waals surface area contributed by atoms with Gasteiger partial charge in [-0.15, -0.1) is 0 Å². The predicted octanol–water partition coefficient (Wildman–Crippen LogP) is -0.955. The summed E-state index contributed by atoms with van der Waals surface area (Å²) in [5.41, 5.74) is 0. The standard InChI is InChI=1S/C6H8O3/c7-3-1-2-4-6(9-4)5(3)8/h1-8H/t3-,4+,5-,6+/m0/s1. The summed E-state index contributed by atoms with van der Waals surface area (Å²) in [6, 6.07) is 0. The van der Waals surface area contributed by atoms with Crippen LogP contribution in [0.2, 0.25) is 0 Å². The van der Waals surface area contributed by atoms with Gasteiger partial charge in [0.25, 0.3) is 0 Å². The molecule has 3 heteroatoms. The van der Waals surface area contributed by atoms with Gasteiger partial charge in [-0.2, -0.15) is 0 Å². The van der Waals surface area contributed by atoms with Gasteiger partial charge in [0, 0.05) is 0 Å². The van der Waals surface area contributed by atoms with Crippen LogP contribution in [0.5, 0.6) is 0 Å². The van der Waals surface area contributed by atoms with Crippen molar-refractivity contribution in [3.8, 4) is 0 Å². The molecule has 0 aromatic heterocycles. The second kappa shape index (κ2) is 1.56. The molecule has 0 aromatic rings. The molecular weight excluding hydrogens is 120 g/mol. The smallest absolute Gasteiger partial charge is 0.117 e. The van der Waals surface area contributed by atoms with Crippen molar-refractivity contribution in [2.75, 3.05) is 0 Å². The fourth-order valence-corrected chi connectivity index (χ4v) is 1.10. The van der Waals surface area contributed by atoms with Crippen LogP contribution < -0.4 is 0 Å². The Morgan fingerprint density at radius 3 is 2.67 bits per heavy atom. The molecule has 4 atom stereocenters. The maximum atomic E-state index is 9.06. The molecule has 1 fully saturated rings. The first-order chi connectivity index (χ1) is 4.29. The van der Waals surface area contributed by atoms with E-state index < -0.39 is 12.2 Å². The molecule has 1 aliphatic heterocycles. The van der Waals surface area contributed by atoms with Gasteiger partial charge < -0.3 is 14.9 Å². The van der Waals surface area contributed by atoms with Crippen molar-refractivity contribution >= 4 is 0 Å². The monoisotopic (exact) mass is 128 g/mol. The van der Waals surface area contributed by atoms with Gasteiger partial charge in [0.15, 0.2) is 0 Å². The van der Waals surface area contributed by atoms with Gasteiger partial charge in [-0.3, -0.25) is 0 Å². The van der Waals surface area contributed by atoms with Crippen LogP contribution in [0.25, 0.3) is 0 Å². The highest BCUT2D eigenvalue weighted by Gasteiger charge is 2.47. The zero-order valence-corrected chi connectivity index (χ0v) is 4.77. The summed E-state index contributed by atoms with van der Waals surface area (Å²) in [5.74, 6) is 0. The zero-order valence-electron chi connectivity index (χ0n) is 4.77. The molecular formula is C6H8O3. The number of epoxide rings is 1. The van der Waals surface area contributed by atoms with Crippen molar-refractivity contribution in [3.63, 3.8) is 0 Å². The predicted molar refractivity (Wildman–Crippen MR) is 29.8 cm³/mol. The summed E-state index contributed by atoms with van der Waals surface area (Å²) in [6.45, 7) is 0. The maximum Gasteiger partial charge on any atom is 0.117 e. The number of hydrogen-bond acceptors (Lipinski definition) is 3. The highest BCUT2D eigenvalue weighted by molar-refractivity contribution is 5.15. The third kappa shape index (κ3) is 0.694. The molecule has 2 rings (SSSR count). The number of aliphatic hydroxyl groups excluding tert-OH is 2. The molecule has 0 bridgehead atoms. The Morgan fingerprint density at radius 1 is 1.22 bits per heavy atom. The largest absolute Gasteiger partial charge is 0.387 e. The summed E-state index contributed by atoms with van der Waals surface area (Å²) >= 11 is 0. The molecule has 0 aromatic carbocycles. The molecule has 2 N–H and O–H groups in total. The normalized spacial score (nSPS) is 54.9. The number of aliphatic hydroxyl groups is 2. The van der Waals surface area contributed by atoms with Gasteiger partial charge in [0.05, 0.1) is 0 Å². The van der Waals surface area contributed by atoms with Gasteiger partial charge in [0.1, 0.15) is 24.4 Å². The van der Waals surface area contributed by atoms with Crippen LogP contribution in [0, 0.1) is 0 Å². The topological polar surface area (TPSA) is 53.0 Å². The number of ether oxygens (including phenoxy) is 1. The molecule has 0 saturated carbocycles. The first kappa shape index (κ1) is 5.41. The molecule has 0 spiro atoms. The lowest BCUT2D eigenvalue weighted by Gasteiger charge is -2.13. The van der Waals surface area contributed by atoms with E-state index in [4.69, 9.17) is 14.9 Å². The molecule has 50 valence electrons. The Morgan fingerprint density at radius 2 is 2.00 bits per heavy atom. The van der Waals surface area contributed by atoms with Gasteiger partial charge in [-0.25, -0.2) is 0 Å². The molecule has 0 unspecified atom stereocenters. The first-order valence-electron chi connectivity index (χ1n) is 2.99. The fourth-order valence-electron chi connectivity index (χ4n) is 1.10. The summed E-state index contributed by atoms with van der Waals surface area (Å²) in [7, 11) is 0. The summed E-state index contributed by atoms with van der Waals surface area (Å²) in [4.78, 5) is 0. The van der Waals surface area contributed by atoms with E-state index in [9.17, 15) is 0 Å². The van der Waals surface area contributed by atoms with Crippen molar-refractivity contribution < 1.29 is 14.9 Å². The average molecular weight is 128 g/mol. The lowest BCUT2D eigenvalue weighted by Crippen LogP contribution is -2.32. The third-order valence-corrected chi connectivity index (χ3v) is 1.75. The SMILES string of the molecule is O[C@@H]1[C@@H]2O[C@@H]2C=C[C@@H]1O. The van der Waals surface area contributed by atoms with Crippen LogP contribution in [0.4, 0.5) is 0 Å². The minimum atomic E-state index is -0.728. The minimum absolute atomic E-state index is 0.0726. The second-order valence-corrected chi connectivity index (χ2v) is 2.43. The van der Waals surface area contributed by atoms with Crippen LogP contribution in [-0.2, 0) is 4.74 Å². The van der Waals surface area contributed by atoms with E-state index in [1.807, 2.05) is 0 Å². The summed E-state index contributed by atoms with van der Waals surface area (Å²) in [5, 5.41) is 18.0. The van der Waals surface area contributed by atoms with Gasteiger partial charge in [0.2, 0.25) is 0 Å². The van der Waals surface area contributed by atoms with E-state index >= 15 is 0 Å². The summed E-state index contributed by atoms with van der Waals surface area (Å²) < 4.78 is 4.96. The quantitative estimate of drug-likeness (QED) is 0.326. The van der Waals surface area contributed by atoms with Crippen LogP contribution in [-0.4, -0.2) is 34.6 Å². The maximum absolute atomic E-state index is 9.06. The fraction of sp³-hybridized carbons (Fsp3) is 0.667. The van der Waals surface area contributed by atoms with Crippen LogP contribution in [0.15, 0.2) is 12.2 Å². The molecule has 0 radical (unpaired) electrons. The highest BCUT2D eigenvalue weighted by atomic mass is 16.6. The Hall–Kier alpha value is -0.380. The molecule has 9 heavy (non-hydrogen) atoms. The number of fused-ring (bicyclic) bond motifs is 1. The minimum Gasteiger partial charge on any atom is -0.387 e. The Labute approximate surface area is 52.6 Å². The number of rotatable bonds is 0. The Bertz CT molecular complexity index is 154. The molecule has 1 heterocycles. The van der Waals surface area contributed by atoms with Crippen molar-refractivity contribution in [2.24, 2.45) is 0 Å². The van der Waals surface area contributed by atoms with Crippen LogP contribution >= 0.6 is 0 Å². The first-order valence-corrected chi connectivity index (χ1v) is 2.99. The van der Waals surface area contributed by atoms with Crippen LogP contribution in [0.3, 0.4) is 0 Å². The Kier molecular flexibility index (Phi) is 0.939. The van der Waals surface area contributed by atoms with E-state index in [1.165, 1.54) is 0 Å². The van der Waals surface area contributed by atoms with Crippen molar-refractivity contribution in [3.05, 3.63) is 12.2 Å². The van der Waals surface area contributed by atoms with Crippen molar-refractivity contribution in [1.29, 1.82) is 0 Å². The van der Waals surface area contributed by atoms with Gasteiger partial charge in [-0.05, 0) is 0 Å². The molecule has 1 aliphatic carbocycles. The second-order valence-electron chi connectivity index (χ2n) is 2.43. The zero-order chi connectivity index (χ0) is 6.43. The summed E-state index contributed by atoms with van der Waals surface area (Å²) in [6.07, 6.45) is 1.85. The highest BCUT2D eigenvalue weighted by Crippen LogP contribution is 2.31. The van der Waals surface area contributed by atoms with E-state index in [-0.39, 0.29) is 12.2 Å². The van der Waals surface area contributed by atoms with Crippen LogP contribution in [0.1, 0.15) is 0 Å². The lowest BCUT2D eigenvalue weighted by molar-refractivity contribution is 0.0288. The lowest BCUT2D eigenvalue weighted by atomic mass is 10.0. The average Bonchev–Trinajstić information content (AvgIpc) is 2.58. The van der Waals surface area contributed by atoms with Gasteiger partial charge in [-0.1, -0.05) is 12.2 Å². The van der Waals surface area contributed by atoms with E-state index in [0.717, 1.165) is 0 Å². The molecule has 0 amide bonds. The van der Waals surface area contributed by atoms with Crippen molar-refractivity contribution in [2.45, 2.75) is 24.4 Å². The molecule has 3 nitrogen and oxygen atoms in total. The number of hydrogen-bond donors (Lipinski definition) is 2. The molecule has 1 saturated heterocycles. The van der Waals surface area contributed by atoms with E-state index in [2.05, 4.69) is 0 Å².